The van der Waals surface area contributed by atoms with Crippen LogP contribution in [0.1, 0.15) is 46.0 Å². The smallest absolute Gasteiger partial charge is 0.149 e. The SMILES string of the molecule is CC1(C)CCC[C@@]23C(C=O)OC[C@]2(O)[C@@H](CO)CC[C@@H]13. The Hall–Kier alpha value is -0.450. The van der Waals surface area contributed by atoms with Crippen LogP contribution in [0.3, 0.4) is 0 Å². The van der Waals surface area contributed by atoms with E-state index in [-0.39, 0.29) is 30.5 Å². The summed E-state index contributed by atoms with van der Waals surface area (Å²) in [4.78, 5) is 11.6. The van der Waals surface area contributed by atoms with E-state index in [0.29, 0.717) is 0 Å². The molecule has 2 aliphatic carbocycles. The lowest BCUT2D eigenvalue weighted by atomic mass is 9.43. The van der Waals surface area contributed by atoms with Gasteiger partial charge in [-0.1, -0.05) is 20.3 Å². The van der Waals surface area contributed by atoms with Crippen molar-refractivity contribution < 1.29 is 19.7 Å². The monoisotopic (exact) mass is 282 g/mol. The summed E-state index contributed by atoms with van der Waals surface area (Å²) in [5.74, 6) is 0.117. The van der Waals surface area contributed by atoms with E-state index in [1.54, 1.807) is 0 Å². The first-order valence-corrected chi connectivity index (χ1v) is 7.82. The average molecular weight is 282 g/mol. The zero-order chi connectivity index (χ0) is 14.6. The van der Waals surface area contributed by atoms with Crippen molar-refractivity contribution in [3.05, 3.63) is 0 Å². The number of hydrogen-bond donors (Lipinski definition) is 2. The fourth-order valence-corrected chi connectivity index (χ4v) is 5.64. The highest BCUT2D eigenvalue weighted by atomic mass is 16.5. The second-order valence-corrected chi connectivity index (χ2v) is 7.68. The zero-order valence-corrected chi connectivity index (χ0v) is 12.5. The minimum Gasteiger partial charge on any atom is -0.396 e. The molecule has 0 aromatic rings. The minimum absolute atomic E-state index is 0.0274. The first kappa shape index (κ1) is 14.5. The molecule has 1 aliphatic heterocycles. The average Bonchev–Trinajstić information content (AvgIpc) is 2.69. The molecule has 3 aliphatic rings. The Morgan fingerprint density at radius 2 is 2.05 bits per heavy atom. The van der Waals surface area contributed by atoms with Gasteiger partial charge in [-0.3, -0.25) is 0 Å². The highest BCUT2D eigenvalue weighted by molar-refractivity contribution is 5.60. The van der Waals surface area contributed by atoms with Crippen LogP contribution in [0.4, 0.5) is 0 Å². The van der Waals surface area contributed by atoms with Crippen LogP contribution < -0.4 is 0 Å². The molecular weight excluding hydrogens is 256 g/mol. The number of aldehydes is 1. The summed E-state index contributed by atoms with van der Waals surface area (Å²) >= 11 is 0. The molecule has 20 heavy (non-hydrogen) atoms. The van der Waals surface area contributed by atoms with Crippen LogP contribution in [0.2, 0.25) is 0 Å². The molecule has 0 radical (unpaired) electrons. The Morgan fingerprint density at radius 3 is 2.70 bits per heavy atom. The molecule has 1 unspecified atom stereocenters. The predicted molar refractivity (Wildman–Crippen MR) is 74.1 cm³/mol. The molecule has 1 heterocycles. The maximum atomic E-state index is 11.6. The van der Waals surface area contributed by atoms with Gasteiger partial charge in [-0.2, -0.15) is 0 Å². The summed E-state index contributed by atoms with van der Waals surface area (Å²) in [5, 5.41) is 21.0. The van der Waals surface area contributed by atoms with E-state index in [0.717, 1.165) is 38.4 Å². The fraction of sp³-hybridized carbons (Fsp3) is 0.938. The topological polar surface area (TPSA) is 66.8 Å². The maximum absolute atomic E-state index is 11.6. The third kappa shape index (κ3) is 1.56. The van der Waals surface area contributed by atoms with E-state index in [9.17, 15) is 15.0 Å². The molecule has 1 spiro atoms. The molecule has 1 saturated heterocycles. The van der Waals surface area contributed by atoms with Gasteiger partial charge in [0.1, 0.15) is 18.0 Å². The van der Waals surface area contributed by atoms with Gasteiger partial charge in [-0.25, -0.2) is 0 Å². The molecule has 5 atom stereocenters. The molecule has 3 rings (SSSR count). The summed E-state index contributed by atoms with van der Waals surface area (Å²) in [5.41, 5.74) is -1.43. The van der Waals surface area contributed by atoms with Crippen molar-refractivity contribution >= 4 is 6.29 Å². The molecular formula is C16H26O4. The normalized spacial score (nSPS) is 50.3. The zero-order valence-electron chi connectivity index (χ0n) is 12.5. The van der Waals surface area contributed by atoms with E-state index >= 15 is 0 Å². The molecule has 3 fully saturated rings. The standard InChI is InChI=1S/C16H26O4/c1-14(2)6-3-7-15-12(14)5-4-11(8-17)16(15,19)10-20-13(15)9-18/h9,11-13,17,19H,3-8,10H2,1-2H3/t11-,12+,13?,15-,16+/m1/s1. The Labute approximate surface area is 120 Å². The number of carbonyl (C=O) groups excluding carboxylic acids is 1. The quantitative estimate of drug-likeness (QED) is 0.754. The highest BCUT2D eigenvalue weighted by Crippen LogP contribution is 2.66. The van der Waals surface area contributed by atoms with Crippen molar-refractivity contribution in [2.24, 2.45) is 22.7 Å². The summed E-state index contributed by atoms with van der Waals surface area (Å²) in [7, 11) is 0. The number of aliphatic hydroxyl groups is 2. The molecule has 0 bridgehead atoms. The molecule has 0 amide bonds. The van der Waals surface area contributed by atoms with Gasteiger partial charge in [0, 0.05) is 17.9 Å². The Morgan fingerprint density at radius 1 is 1.30 bits per heavy atom. The lowest BCUT2D eigenvalue weighted by Gasteiger charge is -2.61. The van der Waals surface area contributed by atoms with Crippen LogP contribution in [0, 0.1) is 22.7 Å². The Kier molecular flexibility index (Phi) is 3.27. The van der Waals surface area contributed by atoms with E-state index in [1.165, 1.54) is 0 Å². The number of ether oxygens (including phenoxy) is 1. The van der Waals surface area contributed by atoms with Crippen LogP contribution in [-0.4, -0.2) is 41.4 Å². The fourth-order valence-electron chi connectivity index (χ4n) is 5.64. The molecule has 2 saturated carbocycles. The van der Waals surface area contributed by atoms with Crippen LogP contribution >= 0.6 is 0 Å². The van der Waals surface area contributed by atoms with Crippen molar-refractivity contribution in [3.63, 3.8) is 0 Å². The van der Waals surface area contributed by atoms with Gasteiger partial charge in [0.05, 0.1) is 6.61 Å². The second kappa shape index (κ2) is 4.52. The largest absolute Gasteiger partial charge is 0.396 e. The molecule has 0 aromatic carbocycles. The van der Waals surface area contributed by atoms with Gasteiger partial charge in [-0.05, 0) is 37.0 Å². The third-order valence-corrected chi connectivity index (χ3v) is 6.60. The Balaban J connectivity index is 2.12. The lowest BCUT2D eigenvalue weighted by Crippen LogP contribution is -2.66. The number of aliphatic hydroxyl groups excluding tert-OH is 1. The Bertz CT molecular complexity index is 407. The van der Waals surface area contributed by atoms with Gasteiger partial charge in [0.25, 0.3) is 0 Å². The number of rotatable bonds is 2. The van der Waals surface area contributed by atoms with Gasteiger partial charge in [0.2, 0.25) is 0 Å². The van der Waals surface area contributed by atoms with Crippen LogP contribution in [0.25, 0.3) is 0 Å². The summed E-state index contributed by atoms with van der Waals surface area (Å²) in [6.07, 6.45) is 5.12. The van der Waals surface area contributed by atoms with Crippen LogP contribution in [0.15, 0.2) is 0 Å². The van der Waals surface area contributed by atoms with Crippen molar-refractivity contribution in [3.8, 4) is 0 Å². The van der Waals surface area contributed by atoms with Gasteiger partial charge in [-0.15, -0.1) is 0 Å². The number of hydrogen-bond acceptors (Lipinski definition) is 4. The van der Waals surface area contributed by atoms with Crippen molar-refractivity contribution in [1.82, 2.24) is 0 Å². The number of carbonyl (C=O) groups is 1. The van der Waals surface area contributed by atoms with Crippen molar-refractivity contribution in [2.75, 3.05) is 13.2 Å². The van der Waals surface area contributed by atoms with E-state index < -0.39 is 17.1 Å². The predicted octanol–water partition coefficient (Wildman–Crippen LogP) is 1.53. The highest BCUT2D eigenvalue weighted by Gasteiger charge is 2.71. The summed E-state index contributed by atoms with van der Waals surface area (Å²) < 4.78 is 5.71. The van der Waals surface area contributed by atoms with E-state index in [1.807, 2.05) is 0 Å². The molecule has 0 aromatic heterocycles. The minimum atomic E-state index is -1.05. The molecule has 4 heteroatoms. The first-order chi connectivity index (χ1) is 9.42. The van der Waals surface area contributed by atoms with E-state index in [4.69, 9.17) is 4.74 Å². The van der Waals surface area contributed by atoms with Gasteiger partial charge < -0.3 is 19.7 Å². The molecule has 4 nitrogen and oxygen atoms in total. The van der Waals surface area contributed by atoms with Crippen molar-refractivity contribution in [2.45, 2.75) is 57.7 Å². The molecule has 114 valence electrons. The lowest BCUT2D eigenvalue weighted by molar-refractivity contribution is -0.206. The maximum Gasteiger partial charge on any atom is 0.149 e. The summed E-state index contributed by atoms with van der Waals surface area (Å²) in [6.45, 7) is 4.66. The summed E-state index contributed by atoms with van der Waals surface area (Å²) in [6, 6.07) is 0. The van der Waals surface area contributed by atoms with Crippen LogP contribution in [-0.2, 0) is 9.53 Å². The third-order valence-electron chi connectivity index (χ3n) is 6.60. The van der Waals surface area contributed by atoms with Crippen molar-refractivity contribution in [1.29, 1.82) is 0 Å². The van der Waals surface area contributed by atoms with Gasteiger partial charge in [0.15, 0.2) is 0 Å². The van der Waals surface area contributed by atoms with Gasteiger partial charge >= 0.3 is 0 Å². The van der Waals surface area contributed by atoms with Crippen LogP contribution in [0.5, 0.6) is 0 Å². The van der Waals surface area contributed by atoms with E-state index in [2.05, 4.69) is 13.8 Å². The first-order valence-electron chi connectivity index (χ1n) is 7.82. The molecule has 2 N–H and O–H groups in total. The second-order valence-electron chi connectivity index (χ2n) is 7.68.